The van der Waals surface area contributed by atoms with Gasteiger partial charge in [-0.1, -0.05) is 31.2 Å². The van der Waals surface area contributed by atoms with Crippen LogP contribution in [0, 0.1) is 0 Å². The lowest BCUT2D eigenvalue weighted by atomic mass is 10.00. The Morgan fingerprint density at radius 3 is 2.63 bits per heavy atom. The van der Waals surface area contributed by atoms with Crippen molar-refractivity contribution in [2.75, 3.05) is 11.6 Å². The van der Waals surface area contributed by atoms with Crippen LogP contribution in [0.2, 0.25) is 0 Å². The summed E-state index contributed by atoms with van der Waals surface area (Å²) < 4.78 is 5.86. The normalized spacial score (nSPS) is 17.4. The Labute approximate surface area is 158 Å². The number of carbonyl (C=O) groups is 2. The van der Waals surface area contributed by atoms with Crippen molar-refractivity contribution in [2.24, 2.45) is 0 Å². The summed E-state index contributed by atoms with van der Waals surface area (Å²) in [6.45, 7) is 2.78. The monoisotopic (exact) mass is 362 g/mol. The first-order valence-electron chi connectivity index (χ1n) is 9.38. The smallest absolute Gasteiger partial charge is 0.282 e. The largest absolute Gasteiger partial charge is 0.493 e. The summed E-state index contributed by atoms with van der Waals surface area (Å²) in [5, 5.41) is 1.30. The van der Waals surface area contributed by atoms with Gasteiger partial charge in [0.1, 0.15) is 11.3 Å². The highest BCUT2D eigenvalue weighted by Gasteiger charge is 2.34. The molecule has 0 radical (unpaired) electrons. The number of carbonyl (C=O) groups excluding carboxylic acids is 2. The molecular formula is C22H22N2O3. The molecule has 1 fully saturated rings. The van der Waals surface area contributed by atoms with Gasteiger partial charge in [0.15, 0.2) is 0 Å². The molecule has 0 unspecified atom stereocenters. The first-order valence-corrected chi connectivity index (χ1v) is 9.38. The number of nitrogens with zero attached hydrogens (tertiary/aromatic N) is 1. The van der Waals surface area contributed by atoms with Gasteiger partial charge in [-0.05, 0) is 66.6 Å². The molecule has 0 atom stereocenters. The zero-order chi connectivity index (χ0) is 18.8. The number of fused-ring (bicyclic) bond motifs is 1. The molecule has 0 bridgehead atoms. The Bertz CT molecular complexity index is 919. The quantitative estimate of drug-likeness (QED) is 0.655. The first-order chi connectivity index (χ1) is 13.2. The summed E-state index contributed by atoms with van der Waals surface area (Å²) in [5.41, 5.74) is 6.79. The second-order valence-electron chi connectivity index (χ2n) is 6.79. The van der Waals surface area contributed by atoms with E-state index in [9.17, 15) is 9.59 Å². The molecule has 1 aliphatic heterocycles. The Morgan fingerprint density at radius 1 is 1.07 bits per heavy atom. The average Bonchev–Trinajstić information content (AvgIpc) is 3.29. The number of anilines is 1. The van der Waals surface area contributed by atoms with E-state index in [0.717, 1.165) is 37.0 Å². The van der Waals surface area contributed by atoms with Gasteiger partial charge < -0.3 is 4.74 Å². The molecule has 2 aromatic carbocycles. The van der Waals surface area contributed by atoms with E-state index in [4.69, 9.17) is 4.74 Å². The van der Waals surface area contributed by atoms with Gasteiger partial charge in [0.2, 0.25) is 0 Å². The maximum atomic E-state index is 12.8. The van der Waals surface area contributed by atoms with Crippen LogP contribution in [-0.4, -0.2) is 18.4 Å². The Kier molecular flexibility index (Phi) is 4.67. The molecule has 1 N–H and O–H groups in total. The number of rotatable bonds is 5. The molecule has 5 nitrogen and oxygen atoms in total. The Hall–Kier alpha value is -3.08. The van der Waals surface area contributed by atoms with Crippen molar-refractivity contribution in [3.8, 4) is 5.75 Å². The van der Waals surface area contributed by atoms with Crippen molar-refractivity contribution in [3.63, 3.8) is 0 Å². The third kappa shape index (κ3) is 3.21. The van der Waals surface area contributed by atoms with Crippen molar-refractivity contribution in [1.29, 1.82) is 0 Å². The van der Waals surface area contributed by atoms with Gasteiger partial charge in [0.25, 0.3) is 11.8 Å². The maximum Gasteiger partial charge on any atom is 0.282 e. The lowest BCUT2D eigenvalue weighted by Crippen LogP contribution is -2.35. The highest BCUT2D eigenvalue weighted by atomic mass is 16.5. The van der Waals surface area contributed by atoms with Gasteiger partial charge in [0, 0.05) is 0 Å². The number of ether oxygens (including phenoxy) is 1. The summed E-state index contributed by atoms with van der Waals surface area (Å²) in [4.78, 5) is 25.2. The molecule has 2 aliphatic rings. The summed E-state index contributed by atoms with van der Waals surface area (Å²) in [6.07, 6.45) is 5.66. The van der Waals surface area contributed by atoms with E-state index >= 15 is 0 Å². The SMILES string of the molecule is CCCOc1ccc(/C=C2/C(=O)NN(c3ccccc3)C2=O)c2c1CCC2. The standard InChI is InChI=1S/C22H22N2O3/c1-2-13-27-20-12-11-15(17-9-6-10-18(17)20)14-19-21(25)23-24(22(19)26)16-7-4-3-5-8-16/h3-5,7-8,11-12,14H,2,6,9-10,13H2,1H3,(H,23,25)/b19-14-. The van der Waals surface area contributed by atoms with Crippen molar-refractivity contribution in [1.82, 2.24) is 5.43 Å². The zero-order valence-electron chi connectivity index (χ0n) is 15.3. The summed E-state index contributed by atoms with van der Waals surface area (Å²) in [5.74, 6) is 0.228. The lowest BCUT2D eigenvalue weighted by Gasteiger charge is -2.14. The van der Waals surface area contributed by atoms with Crippen LogP contribution < -0.4 is 15.2 Å². The van der Waals surface area contributed by atoms with Gasteiger partial charge >= 0.3 is 0 Å². The molecule has 1 heterocycles. The third-order valence-corrected chi connectivity index (χ3v) is 4.95. The van der Waals surface area contributed by atoms with E-state index in [1.54, 1.807) is 18.2 Å². The fourth-order valence-electron chi connectivity index (χ4n) is 3.66. The van der Waals surface area contributed by atoms with Crippen molar-refractivity contribution >= 4 is 23.6 Å². The zero-order valence-corrected chi connectivity index (χ0v) is 15.3. The summed E-state index contributed by atoms with van der Waals surface area (Å²) in [7, 11) is 0. The molecule has 1 saturated heterocycles. The number of benzene rings is 2. The third-order valence-electron chi connectivity index (χ3n) is 4.95. The van der Waals surface area contributed by atoms with E-state index in [2.05, 4.69) is 12.3 Å². The van der Waals surface area contributed by atoms with Crippen molar-refractivity contribution < 1.29 is 14.3 Å². The van der Waals surface area contributed by atoms with Crippen LogP contribution in [-0.2, 0) is 22.4 Å². The van der Waals surface area contributed by atoms with Crippen LogP contribution in [0.25, 0.3) is 6.08 Å². The molecule has 2 amide bonds. The molecule has 0 aromatic heterocycles. The highest BCUT2D eigenvalue weighted by Crippen LogP contribution is 2.35. The van der Waals surface area contributed by atoms with E-state index < -0.39 is 0 Å². The van der Waals surface area contributed by atoms with Crippen LogP contribution in [0.3, 0.4) is 0 Å². The van der Waals surface area contributed by atoms with E-state index in [0.29, 0.717) is 12.3 Å². The van der Waals surface area contributed by atoms with Crippen LogP contribution in [0.4, 0.5) is 5.69 Å². The number of para-hydroxylation sites is 1. The highest BCUT2D eigenvalue weighted by molar-refractivity contribution is 6.31. The topological polar surface area (TPSA) is 58.6 Å². The molecule has 138 valence electrons. The predicted molar refractivity (Wildman–Crippen MR) is 104 cm³/mol. The molecule has 1 aliphatic carbocycles. The second-order valence-corrected chi connectivity index (χ2v) is 6.79. The van der Waals surface area contributed by atoms with Crippen LogP contribution in [0.1, 0.15) is 36.5 Å². The van der Waals surface area contributed by atoms with Crippen molar-refractivity contribution in [2.45, 2.75) is 32.6 Å². The minimum Gasteiger partial charge on any atom is -0.493 e. The fraction of sp³-hybridized carbons (Fsp3) is 0.273. The fourth-order valence-corrected chi connectivity index (χ4v) is 3.66. The molecule has 2 aromatic rings. The Balaban J connectivity index is 1.67. The van der Waals surface area contributed by atoms with Gasteiger partial charge in [-0.3, -0.25) is 15.0 Å². The van der Waals surface area contributed by atoms with Gasteiger partial charge in [-0.15, -0.1) is 0 Å². The predicted octanol–water partition coefficient (Wildman–Crippen LogP) is 3.43. The van der Waals surface area contributed by atoms with E-state index in [-0.39, 0.29) is 17.4 Å². The van der Waals surface area contributed by atoms with Gasteiger partial charge in [-0.25, -0.2) is 5.01 Å². The minimum atomic E-state index is -0.373. The molecule has 0 spiro atoms. The van der Waals surface area contributed by atoms with Gasteiger partial charge in [0.05, 0.1) is 12.3 Å². The number of hydrogen-bond donors (Lipinski definition) is 1. The average molecular weight is 362 g/mol. The summed E-state index contributed by atoms with van der Waals surface area (Å²) in [6, 6.07) is 13.0. The molecular weight excluding hydrogens is 340 g/mol. The van der Waals surface area contributed by atoms with Crippen LogP contribution in [0.5, 0.6) is 5.75 Å². The number of hydrazine groups is 1. The number of nitrogens with one attached hydrogen (secondary N) is 1. The molecule has 0 saturated carbocycles. The van der Waals surface area contributed by atoms with Crippen molar-refractivity contribution in [3.05, 3.63) is 64.7 Å². The van der Waals surface area contributed by atoms with E-state index in [1.165, 1.54) is 16.1 Å². The number of hydrogen-bond acceptors (Lipinski definition) is 3. The number of amides is 2. The summed E-state index contributed by atoms with van der Waals surface area (Å²) >= 11 is 0. The molecule has 27 heavy (non-hydrogen) atoms. The minimum absolute atomic E-state index is 0.162. The Morgan fingerprint density at radius 2 is 1.85 bits per heavy atom. The van der Waals surface area contributed by atoms with Crippen LogP contribution >= 0.6 is 0 Å². The maximum absolute atomic E-state index is 12.8. The molecule has 5 heteroatoms. The lowest BCUT2D eigenvalue weighted by molar-refractivity contribution is -0.117. The second kappa shape index (κ2) is 7.27. The first kappa shape index (κ1) is 17.3. The molecule has 4 rings (SSSR count). The van der Waals surface area contributed by atoms with Crippen LogP contribution in [0.15, 0.2) is 48.0 Å². The van der Waals surface area contributed by atoms with Gasteiger partial charge in [-0.2, -0.15) is 0 Å². The van der Waals surface area contributed by atoms with E-state index in [1.807, 2.05) is 30.3 Å².